The topological polar surface area (TPSA) is 85.2 Å². The number of aromatic nitrogens is 2. The number of thiophene rings is 1. The van der Waals surface area contributed by atoms with Gasteiger partial charge >= 0.3 is 0 Å². The lowest BCUT2D eigenvalue weighted by atomic mass is 10.1. The summed E-state index contributed by atoms with van der Waals surface area (Å²) in [5.74, 6) is 2.21. The highest BCUT2D eigenvalue weighted by Crippen LogP contribution is 2.35. The number of nitrogens with two attached hydrogens (primary N) is 1. The Bertz CT molecular complexity index is 1010. The minimum Gasteiger partial charge on any atom is -0.458 e. The molecule has 0 saturated carbocycles. The number of fused-ring (bicyclic) bond motifs is 1. The minimum absolute atomic E-state index is 0.381. The Balaban J connectivity index is 1.79. The summed E-state index contributed by atoms with van der Waals surface area (Å²) in [4.78, 5) is 10.4. The van der Waals surface area contributed by atoms with Crippen LogP contribution in [0.3, 0.4) is 0 Å². The highest BCUT2D eigenvalue weighted by Gasteiger charge is 2.18. The molecule has 120 valence electrons. The van der Waals surface area contributed by atoms with Gasteiger partial charge in [-0.2, -0.15) is 0 Å². The summed E-state index contributed by atoms with van der Waals surface area (Å²) in [7, 11) is 0. The third-order valence-electron chi connectivity index (χ3n) is 3.79. The van der Waals surface area contributed by atoms with Crippen LogP contribution in [0, 0.1) is 6.92 Å². The molecule has 0 bridgehead atoms. The van der Waals surface area contributed by atoms with Crippen LogP contribution >= 0.6 is 11.3 Å². The fourth-order valence-electron chi connectivity index (χ4n) is 2.56. The first-order chi connectivity index (χ1) is 11.6. The second kappa shape index (κ2) is 5.74. The number of nitrogens with zero attached hydrogens (tertiary/aromatic N) is 2. The van der Waals surface area contributed by atoms with E-state index >= 15 is 0 Å². The molecule has 0 radical (unpaired) electrons. The number of aryl methyl sites for hydroxylation is 1. The fraction of sp³-hybridized carbons (Fsp3) is 0.111. The normalized spacial score (nSPS) is 12.6. The average molecular weight is 337 g/mol. The van der Waals surface area contributed by atoms with E-state index in [1.54, 1.807) is 0 Å². The summed E-state index contributed by atoms with van der Waals surface area (Å²) >= 11 is 1.41. The Morgan fingerprint density at radius 3 is 2.62 bits per heavy atom. The van der Waals surface area contributed by atoms with Gasteiger partial charge in [0.05, 0.1) is 5.39 Å². The summed E-state index contributed by atoms with van der Waals surface area (Å²) in [5.41, 5.74) is 6.92. The van der Waals surface area contributed by atoms with Crippen molar-refractivity contribution in [2.24, 2.45) is 0 Å². The molecular weight excluding hydrogens is 322 g/mol. The van der Waals surface area contributed by atoms with Crippen molar-refractivity contribution in [3.05, 3.63) is 64.7 Å². The van der Waals surface area contributed by atoms with Crippen LogP contribution in [0.25, 0.3) is 21.8 Å². The van der Waals surface area contributed by atoms with E-state index in [2.05, 4.69) is 9.97 Å². The highest BCUT2D eigenvalue weighted by atomic mass is 32.1. The fourth-order valence-corrected chi connectivity index (χ4v) is 3.61. The largest absolute Gasteiger partial charge is 0.458 e. The predicted molar refractivity (Wildman–Crippen MR) is 94.8 cm³/mol. The molecule has 0 amide bonds. The van der Waals surface area contributed by atoms with Crippen LogP contribution in [0.2, 0.25) is 0 Å². The Labute approximate surface area is 142 Å². The summed E-state index contributed by atoms with van der Waals surface area (Å²) < 4.78 is 5.57. The number of hydrogen-bond acceptors (Lipinski definition) is 6. The minimum atomic E-state index is -0.709. The van der Waals surface area contributed by atoms with Crippen molar-refractivity contribution < 1.29 is 9.52 Å². The number of rotatable bonds is 3. The number of hydrogen-bond donors (Lipinski definition) is 2. The van der Waals surface area contributed by atoms with Gasteiger partial charge in [0.2, 0.25) is 0 Å². The molecule has 0 aliphatic carbocycles. The van der Waals surface area contributed by atoms with Gasteiger partial charge in [-0.3, -0.25) is 0 Å². The Morgan fingerprint density at radius 2 is 1.92 bits per heavy atom. The summed E-state index contributed by atoms with van der Waals surface area (Å²) in [5, 5.41) is 11.3. The zero-order valence-corrected chi connectivity index (χ0v) is 13.7. The van der Waals surface area contributed by atoms with Crippen LogP contribution in [-0.4, -0.2) is 15.1 Å². The zero-order chi connectivity index (χ0) is 16.7. The van der Waals surface area contributed by atoms with Gasteiger partial charge in [0.1, 0.15) is 22.5 Å². The summed E-state index contributed by atoms with van der Waals surface area (Å²) in [6.07, 6.45) is -0.709. The quantitative estimate of drug-likeness (QED) is 0.592. The van der Waals surface area contributed by atoms with E-state index in [4.69, 9.17) is 10.2 Å². The molecule has 0 spiro atoms. The third kappa shape index (κ3) is 2.55. The molecule has 0 aliphatic rings. The summed E-state index contributed by atoms with van der Waals surface area (Å²) in [6.45, 7) is 1.87. The van der Waals surface area contributed by atoms with Gasteiger partial charge in [-0.05, 0) is 30.7 Å². The monoisotopic (exact) mass is 337 g/mol. The van der Waals surface area contributed by atoms with Crippen LogP contribution in [0.1, 0.15) is 22.3 Å². The van der Waals surface area contributed by atoms with Crippen molar-refractivity contribution in [1.82, 2.24) is 9.97 Å². The van der Waals surface area contributed by atoms with Gasteiger partial charge in [0.15, 0.2) is 11.6 Å². The van der Waals surface area contributed by atoms with Crippen molar-refractivity contribution in [2.45, 2.75) is 13.0 Å². The van der Waals surface area contributed by atoms with E-state index in [0.717, 1.165) is 26.4 Å². The maximum absolute atomic E-state index is 10.6. The van der Waals surface area contributed by atoms with Crippen LogP contribution in [0.5, 0.6) is 0 Å². The standard InChI is InChI=1S/C18H15N3O2S/c1-10-7-8-13(23-10)17-20-16(19)12-9-14(24-18(12)21-17)15(22)11-5-3-2-4-6-11/h2-9,15,22H,1H3,(H2,19,20,21). The van der Waals surface area contributed by atoms with E-state index in [0.29, 0.717) is 17.4 Å². The molecule has 3 N–H and O–H groups in total. The van der Waals surface area contributed by atoms with Crippen LogP contribution in [0.4, 0.5) is 5.82 Å². The smallest absolute Gasteiger partial charge is 0.199 e. The third-order valence-corrected chi connectivity index (χ3v) is 4.87. The van der Waals surface area contributed by atoms with E-state index in [1.807, 2.05) is 55.5 Å². The van der Waals surface area contributed by atoms with Crippen LogP contribution in [0.15, 0.2) is 52.9 Å². The van der Waals surface area contributed by atoms with Crippen molar-refractivity contribution in [1.29, 1.82) is 0 Å². The molecule has 3 heterocycles. The molecule has 0 fully saturated rings. The molecule has 0 aliphatic heterocycles. The van der Waals surface area contributed by atoms with E-state index in [9.17, 15) is 5.11 Å². The molecule has 5 nitrogen and oxygen atoms in total. The molecule has 4 rings (SSSR count). The SMILES string of the molecule is Cc1ccc(-c2nc(N)c3cc(C(O)c4ccccc4)sc3n2)o1. The van der Waals surface area contributed by atoms with Gasteiger partial charge in [0.25, 0.3) is 0 Å². The van der Waals surface area contributed by atoms with Crippen molar-refractivity contribution >= 4 is 27.4 Å². The van der Waals surface area contributed by atoms with Crippen molar-refractivity contribution in [3.8, 4) is 11.6 Å². The maximum atomic E-state index is 10.6. The van der Waals surface area contributed by atoms with Gasteiger partial charge < -0.3 is 15.3 Å². The number of anilines is 1. The first-order valence-electron chi connectivity index (χ1n) is 7.48. The number of benzene rings is 1. The number of aliphatic hydroxyl groups excluding tert-OH is 1. The molecule has 1 unspecified atom stereocenters. The second-order valence-electron chi connectivity index (χ2n) is 5.52. The Hall–Kier alpha value is -2.70. The van der Waals surface area contributed by atoms with Crippen molar-refractivity contribution in [2.75, 3.05) is 5.73 Å². The van der Waals surface area contributed by atoms with Gasteiger partial charge in [-0.15, -0.1) is 11.3 Å². The molecule has 3 aromatic heterocycles. The summed E-state index contributed by atoms with van der Waals surface area (Å²) in [6, 6.07) is 15.0. The maximum Gasteiger partial charge on any atom is 0.199 e. The second-order valence-corrected chi connectivity index (χ2v) is 6.59. The van der Waals surface area contributed by atoms with Gasteiger partial charge in [0, 0.05) is 4.88 Å². The zero-order valence-electron chi connectivity index (χ0n) is 12.9. The number of aliphatic hydroxyl groups is 1. The Kier molecular flexibility index (Phi) is 3.55. The Morgan fingerprint density at radius 1 is 1.12 bits per heavy atom. The van der Waals surface area contributed by atoms with Crippen LogP contribution < -0.4 is 5.73 Å². The number of furan rings is 1. The molecule has 6 heteroatoms. The van der Waals surface area contributed by atoms with Crippen molar-refractivity contribution in [3.63, 3.8) is 0 Å². The molecule has 24 heavy (non-hydrogen) atoms. The molecule has 1 atom stereocenters. The lowest BCUT2D eigenvalue weighted by Gasteiger charge is -2.07. The number of nitrogen functional groups attached to an aromatic ring is 1. The average Bonchev–Trinajstić information content (AvgIpc) is 3.21. The van der Waals surface area contributed by atoms with E-state index < -0.39 is 6.10 Å². The molecule has 4 aromatic rings. The molecule has 0 saturated heterocycles. The molecule has 1 aromatic carbocycles. The lowest BCUT2D eigenvalue weighted by molar-refractivity contribution is 0.224. The van der Waals surface area contributed by atoms with Crippen LogP contribution in [-0.2, 0) is 0 Å². The lowest BCUT2D eigenvalue weighted by Crippen LogP contribution is -1.96. The first kappa shape index (κ1) is 14.9. The van der Waals surface area contributed by atoms with Gasteiger partial charge in [-0.1, -0.05) is 30.3 Å². The molecular formula is C18H15N3O2S. The highest BCUT2D eigenvalue weighted by molar-refractivity contribution is 7.18. The first-order valence-corrected chi connectivity index (χ1v) is 8.30. The van der Waals surface area contributed by atoms with Gasteiger partial charge in [-0.25, -0.2) is 9.97 Å². The van der Waals surface area contributed by atoms with E-state index in [-0.39, 0.29) is 0 Å². The van der Waals surface area contributed by atoms with E-state index in [1.165, 1.54) is 11.3 Å². The predicted octanol–water partition coefficient (Wildman–Crippen LogP) is 3.92.